The molecule has 0 bridgehead atoms. The molecule has 5 heteroatoms. The van der Waals surface area contributed by atoms with Gasteiger partial charge in [0.15, 0.2) is 5.78 Å². The van der Waals surface area contributed by atoms with Gasteiger partial charge in [0, 0.05) is 56.6 Å². The van der Waals surface area contributed by atoms with E-state index in [4.69, 9.17) is 4.74 Å². The van der Waals surface area contributed by atoms with Gasteiger partial charge in [0.2, 0.25) is 0 Å². The van der Waals surface area contributed by atoms with Crippen LogP contribution in [0.4, 0.5) is 5.69 Å². The van der Waals surface area contributed by atoms with Gasteiger partial charge in [0.1, 0.15) is 5.75 Å². The number of ether oxygens (including phenoxy) is 1. The highest BCUT2D eigenvalue weighted by atomic mass is 16.5. The zero-order valence-electron chi connectivity index (χ0n) is 16.9. The number of Topliss-reactive ketones (excluding diaryl/α,β-unsaturated/α-hetero) is 1. The summed E-state index contributed by atoms with van der Waals surface area (Å²) in [5, 5.41) is 0. The first kappa shape index (κ1) is 19.1. The van der Waals surface area contributed by atoms with Crippen LogP contribution in [0.2, 0.25) is 0 Å². The molecular weight excluding hydrogens is 350 g/mol. The van der Waals surface area contributed by atoms with Gasteiger partial charge in [-0.25, -0.2) is 0 Å². The number of anilines is 1. The summed E-state index contributed by atoms with van der Waals surface area (Å²) in [5.41, 5.74) is 3.44. The summed E-state index contributed by atoms with van der Waals surface area (Å²) in [5.74, 6) is 1.29. The van der Waals surface area contributed by atoms with Gasteiger partial charge in [-0.15, -0.1) is 0 Å². The quantitative estimate of drug-likeness (QED) is 0.687. The second kappa shape index (κ2) is 8.82. The van der Waals surface area contributed by atoms with E-state index in [9.17, 15) is 4.79 Å². The standard InChI is InChI=1S/C23H31N3O2/c1-28-23-10-3-2-7-21(23)26-17-15-24(16-18-26)12-4-5-13-25-14-11-19-20(25)8-6-9-22(19)27/h2-3,7,10-11,14H,4-6,8-9,12-13,15-18H2,1H3. The number of aromatic nitrogens is 1. The Morgan fingerprint density at radius 3 is 2.57 bits per heavy atom. The number of aryl methyl sites for hydroxylation is 1. The molecule has 1 aromatic heterocycles. The molecule has 5 nitrogen and oxygen atoms in total. The summed E-state index contributed by atoms with van der Waals surface area (Å²) in [6.45, 7) is 6.49. The number of fused-ring (bicyclic) bond motifs is 1. The minimum absolute atomic E-state index is 0.327. The fourth-order valence-electron chi connectivity index (χ4n) is 4.52. The molecule has 0 atom stereocenters. The zero-order valence-corrected chi connectivity index (χ0v) is 16.9. The summed E-state index contributed by atoms with van der Waals surface area (Å²) in [6, 6.07) is 10.3. The molecule has 2 aliphatic rings. The van der Waals surface area contributed by atoms with Crippen molar-refractivity contribution in [3.05, 3.63) is 47.8 Å². The van der Waals surface area contributed by atoms with Gasteiger partial charge in [-0.1, -0.05) is 12.1 Å². The molecule has 4 rings (SSSR count). The molecule has 0 saturated carbocycles. The Kier molecular flexibility index (Phi) is 6.01. The van der Waals surface area contributed by atoms with Crippen molar-refractivity contribution in [3.8, 4) is 5.75 Å². The lowest BCUT2D eigenvalue weighted by atomic mass is 9.97. The monoisotopic (exact) mass is 381 g/mol. The van der Waals surface area contributed by atoms with Crippen molar-refractivity contribution in [2.75, 3.05) is 44.7 Å². The average Bonchev–Trinajstić information content (AvgIpc) is 3.16. The van der Waals surface area contributed by atoms with Crippen molar-refractivity contribution >= 4 is 11.5 Å². The molecular formula is C23H31N3O2. The number of piperazine rings is 1. The van der Waals surface area contributed by atoms with E-state index >= 15 is 0 Å². The molecule has 1 aromatic carbocycles. The summed E-state index contributed by atoms with van der Waals surface area (Å²) in [4.78, 5) is 17.0. The van der Waals surface area contributed by atoms with Crippen LogP contribution < -0.4 is 9.64 Å². The SMILES string of the molecule is COc1ccccc1N1CCN(CCCCn2ccc3c2CCCC3=O)CC1. The molecule has 1 fully saturated rings. The number of nitrogens with zero attached hydrogens (tertiary/aromatic N) is 3. The van der Waals surface area contributed by atoms with Crippen LogP contribution in [0.5, 0.6) is 5.75 Å². The number of carbonyl (C=O) groups is 1. The Labute approximate surface area is 167 Å². The van der Waals surface area contributed by atoms with E-state index < -0.39 is 0 Å². The molecule has 2 heterocycles. The first-order chi connectivity index (χ1) is 13.8. The predicted molar refractivity (Wildman–Crippen MR) is 113 cm³/mol. The summed E-state index contributed by atoms with van der Waals surface area (Å²) < 4.78 is 7.82. The van der Waals surface area contributed by atoms with Crippen molar-refractivity contribution in [2.24, 2.45) is 0 Å². The van der Waals surface area contributed by atoms with E-state index in [-0.39, 0.29) is 0 Å². The Hall–Kier alpha value is -2.27. The molecule has 0 spiro atoms. The highest BCUT2D eigenvalue weighted by Gasteiger charge is 2.21. The van der Waals surface area contributed by atoms with E-state index in [0.717, 1.165) is 69.8 Å². The van der Waals surface area contributed by atoms with Crippen molar-refractivity contribution in [1.82, 2.24) is 9.47 Å². The smallest absolute Gasteiger partial charge is 0.164 e. The maximum atomic E-state index is 12.0. The van der Waals surface area contributed by atoms with Crippen molar-refractivity contribution in [1.29, 1.82) is 0 Å². The van der Waals surface area contributed by atoms with E-state index in [1.165, 1.54) is 24.2 Å². The van der Waals surface area contributed by atoms with E-state index in [1.807, 2.05) is 18.2 Å². The second-order valence-corrected chi connectivity index (χ2v) is 7.85. The fraction of sp³-hybridized carbons (Fsp3) is 0.522. The number of unbranched alkanes of at least 4 members (excludes halogenated alkanes) is 1. The average molecular weight is 382 g/mol. The lowest BCUT2D eigenvalue weighted by Crippen LogP contribution is -2.46. The van der Waals surface area contributed by atoms with Crippen molar-refractivity contribution in [2.45, 2.75) is 38.6 Å². The van der Waals surface area contributed by atoms with Crippen LogP contribution in [0.1, 0.15) is 41.7 Å². The van der Waals surface area contributed by atoms with E-state index in [1.54, 1.807) is 7.11 Å². The molecule has 1 aliphatic heterocycles. The minimum Gasteiger partial charge on any atom is -0.495 e. The third kappa shape index (κ3) is 4.09. The summed E-state index contributed by atoms with van der Waals surface area (Å²) >= 11 is 0. The molecule has 2 aromatic rings. The van der Waals surface area contributed by atoms with Gasteiger partial charge in [-0.05, 0) is 50.4 Å². The molecule has 1 saturated heterocycles. The van der Waals surface area contributed by atoms with Crippen molar-refractivity contribution < 1.29 is 9.53 Å². The van der Waals surface area contributed by atoms with Crippen LogP contribution in [0.15, 0.2) is 36.5 Å². The number of rotatable bonds is 7. The number of hydrogen-bond donors (Lipinski definition) is 0. The number of carbonyl (C=O) groups excluding carboxylic acids is 1. The molecule has 0 N–H and O–H groups in total. The van der Waals surface area contributed by atoms with Crippen LogP contribution in [-0.4, -0.2) is 55.1 Å². The molecule has 1 aliphatic carbocycles. The Morgan fingerprint density at radius 2 is 1.75 bits per heavy atom. The molecule has 150 valence electrons. The summed E-state index contributed by atoms with van der Waals surface area (Å²) in [6.07, 6.45) is 7.26. The lowest BCUT2D eigenvalue weighted by molar-refractivity contribution is 0.0971. The number of hydrogen-bond acceptors (Lipinski definition) is 4. The van der Waals surface area contributed by atoms with E-state index in [2.05, 4.69) is 32.7 Å². The Balaban J connectivity index is 1.21. The largest absolute Gasteiger partial charge is 0.495 e. The maximum Gasteiger partial charge on any atom is 0.164 e. The van der Waals surface area contributed by atoms with Gasteiger partial charge < -0.3 is 14.2 Å². The summed E-state index contributed by atoms with van der Waals surface area (Å²) in [7, 11) is 1.74. The van der Waals surface area contributed by atoms with Gasteiger partial charge >= 0.3 is 0 Å². The van der Waals surface area contributed by atoms with Crippen molar-refractivity contribution in [3.63, 3.8) is 0 Å². The van der Waals surface area contributed by atoms with Crippen LogP contribution in [0.25, 0.3) is 0 Å². The number of benzene rings is 1. The van der Waals surface area contributed by atoms with Gasteiger partial charge in [0.25, 0.3) is 0 Å². The first-order valence-corrected chi connectivity index (χ1v) is 10.6. The zero-order chi connectivity index (χ0) is 19.3. The van der Waals surface area contributed by atoms with Gasteiger partial charge in [-0.3, -0.25) is 9.69 Å². The topological polar surface area (TPSA) is 37.7 Å². The fourth-order valence-corrected chi connectivity index (χ4v) is 4.52. The molecule has 0 amide bonds. The lowest BCUT2D eigenvalue weighted by Gasteiger charge is -2.36. The maximum absolute atomic E-state index is 12.0. The second-order valence-electron chi connectivity index (χ2n) is 7.85. The predicted octanol–water partition coefficient (Wildman–Crippen LogP) is 3.62. The molecule has 28 heavy (non-hydrogen) atoms. The number of ketones is 1. The van der Waals surface area contributed by atoms with Crippen LogP contribution in [0, 0.1) is 0 Å². The highest BCUT2D eigenvalue weighted by Crippen LogP contribution is 2.28. The highest BCUT2D eigenvalue weighted by molar-refractivity contribution is 5.98. The third-order valence-electron chi connectivity index (χ3n) is 6.12. The first-order valence-electron chi connectivity index (χ1n) is 10.6. The number of methoxy groups -OCH3 is 1. The molecule has 0 radical (unpaired) electrons. The van der Waals surface area contributed by atoms with Crippen LogP contribution in [0.3, 0.4) is 0 Å². The Morgan fingerprint density at radius 1 is 0.964 bits per heavy atom. The van der Waals surface area contributed by atoms with Gasteiger partial charge in [-0.2, -0.15) is 0 Å². The third-order valence-corrected chi connectivity index (χ3v) is 6.12. The molecule has 0 unspecified atom stereocenters. The minimum atomic E-state index is 0.327. The van der Waals surface area contributed by atoms with Crippen LogP contribution >= 0.6 is 0 Å². The van der Waals surface area contributed by atoms with Gasteiger partial charge in [0.05, 0.1) is 12.8 Å². The number of para-hydroxylation sites is 2. The Bertz CT molecular complexity index is 806. The normalized spacial score (nSPS) is 17.6. The van der Waals surface area contributed by atoms with Crippen LogP contribution in [-0.2, 0) is 13.0 Å². The van der Waals surface area contributed by atoms with E-state index in [0.29, 0.717) is 5.78 Å².